The molecular weight excluding hydrogens is 324 g/mol. The Bertz CT molecular complexity index is 796. The third kappa shape index (κ3) is 5.15. The molecule has 1 heterocycles. The van der Waals surface area contributed by atoms with Crippen LogP contribution in [-0.4, -0.2) is 22.3 Å². The molecule has 3 rings (SSSR count). The molecule has 0 bridgehead atoms. The molecule has 0 spiro atoms. The number of nitrogens with zero attached hydrogens (tertiary/aromatic N) is 2. The van der Waals surface area contributed by atoms with Crippen molar-refractivity contribution in [2.45, 2.75) is 46.0 Å². The highest BCUT2D eigenvalue weighted by molar-refractivity contribution is 5.94. The highest BCUT2D eigenvalue weighted by Crippen LogP contribution is 2.21. The van der Waals surface area contributed by atoms with Gasteiger partial charge in [-0.3, -0.25) is 4.79 Å². The van der Waals surface area contributed by atoms with E-state index < -0.39 is 0 Å². The maximum Gasteiger partial charge on any atom is 0.159 e. The first-order valence-electron chi connectivity index (χ1n) is 9.25. The van der Waals surface area contributed by atoms with Crippen molar-refractivity contribution in [2.24, 2.45) is 0 Å². The van der Waals surface area contributed by atoms with Crippen molar-refractivity contribution in [3.63, 3.8) is 0 Å². The van der Waals surface area contributed by atoms with Gasteiger partial charge < -0.3 is 10.6 Å². The Labute approximate surface area is 155 Å². The van der Waals surface area contributed by atoms with E-state index in [9.17, 15) is 4.79 Å². The number of hydrogen-bond acceptors (Lipinski definition) is 5. The van der Waals surface area contributed by atoms with Crippen molar-refractivity contribution in [3.05, 3.63) is 53.4 Å². The van der Waals surface area contributed by atoms with Crippen LogP contribution < -0.4 is 10.6 Å². The van der Waals surface area contributed by atoms with Crippen LogP contribution in [0.2, 0.25) is 0 Å². The molecule has 0 amide bonds. The number of hydrogen-bond donors (Lipinski definition) is 2. The van der Waals surface area contributed by atoms with E-state index in [-0.39, 0.29) is 5.78 Å². The monoisotopic (exact) mass is 350 g/mol. The summed E-state index contributed by atoms with van der Waals surface area (Å²) in [6.07, 6.45) is 8.54. The highest BCUT2D eigenvalue weighted by Gasteiger charge is 2.06. The van der Waals surface area contributed by atoms with Crippen molar-refractivity contribution in [1.29, 1.82) is 0 Å². The lowest BCUT2D eigenvalue weighted by Crippen LogP contribution is -2.08. The third-order valence-corrected chi connectivity index (χ3v) is 4.54. The predicted octanol–water partition coefficient (Wildman–Crippen LogP) is 5.03. The molecule has 0 aliphatic heterocycles. The van der Waals surface area contributed by atoms with Gasteiger partial charge in [-0.25, -0.2) is 9.97 Å². The zero-order valence-electron chi connectivity index (χ0n) is 15.5. The molecule has 0 saturated heterocycles. The zero-order chi connectivity index (χ0) is 18.4. The van der Waals surface area contributed by atoms with Crippen LogP contribution in [0.4, 0.5) is 17.3 Å². The molecule has 26 heavy (non-hydrogen) atoms. The van der Waals surface area contributed by atoms with Crippen molar-refractivity contribution in [1.82, 2.24) is 9.97 Å². The standard InChI is InChI=1S/C21H26N4O/c1-15(26)18-8-10-19(11-9-18)25-21-14-20(23-16(2)24-21)22-13-12-17-6-4-3-5-7-17/h6,8-11,14H,3-5,7,12-13H2,1-2H3,(H2,22,23,24,25). The zero-order valence-corrected chi connectivity index (χ0v) is 15.5. The minimum absolute atomic E-state index is 0.0639. The quantitative estimate of drug-likeness (QED) is 0.541. The minimum atomic E-state index is 0.0639. The van der Waals surface area contributed by atoms with Crippen molar-refractivity contribution >= 4 is 23.1 Å². The van der Waals surface area contributed by atoms with Gasteiger partial charge in [-0.15, -0.1) is 0 Å². The molecule has 1 aliphatic carbocycles. The second-order valence-electron chi connectivity index (χ2n) is 6.73. The van der Waals surface area contributed by atoms with E-state index in [0.717, 1.165) is 36.1 Å². The number of Topliss-reactive ketones (excluding diaryl/α,β-unsaturated/α-hetero) is 1. The first-order chi connectivity index (χ1) is 12.6. The van der Waals surface area contributed by atoms with Crippen molar-refractivity contribution in [2.75, 3.05) is 17.2 Å². The van der Waals surface area contributed by atoms with Crippen LogP contribution in [0.5, 0.6) is 0 Å². The Hall–Kier alpha value is -2.69. The molecule has 1 aromatic carbocycles. The lowest BCUT2D eigenvalue weighted by Gasteiger charge is -2.14. The van der Waals surface area contributed by atoms with Crippen LogP contribution in [0.15, 0.2) is 42.0 Å². The average molecular weight is 350 g/mol. The van der Waals surface area contributed by atoms with Gasteiger partial charge >= 0.3 is 0 Å². The van der Waals surface area contributed by atoms with Gasteiger partial charge in [-0.05, 0) is 70.2 Å². The van der Waals surface area contributed by atoms with Gasteiger partial charge in [0.2, 0.25) is 0 Å². The van der Waals surface area contributed by atoms with Gasteiger partial charge in [0.1, 0.15) is 17.5 Å². The maximum absolute atomic E-state index is 11.4. The fourth-order valence-corrected chi connectivity index (χ4v) is 3.14. The topological polar surface area (TPSA) is 66.9 Å². The number of nitrogens with one attached hydrogen (secondary N) is 2. The number of anilines is 3. The fourth-order valence-electron chi connectivity index (χ4n) is 3.14. The first-order valence-corrected chi connectivity index (χ1v) is 9.25. The molecule has 0 radical (unpaired) electrons. The Morgan fingerprint density at radius 3 is 2.58 bits per heavy atom. The van der Waals surface area contributed by atoms with Gasteiger partial charge in [0.15, 0.2) is 5.78 Å². The van der Waals surface area contributed by atoms with Crippen LogP contribution in [0.3, 0.4) is 0 Å². The number of aryl methyl sites for hydroxylation is 1. The Morgan fingerprint density at radius 1 is 1.12 bits per heavy atom. The summed E-state index contributed by atoms with van der Waals surface area (Å²) in [5, 5.41) is 6.68. The summed E-state index contributed by atoms with van der Waals surface area (Å²) < 4.78 is 0. The smallest absolute Gasteiger partial charge is 0.159 e. The third-order valence-electron chi connectivity index (χ3n) is 4.54. The molecule has 136 valence electrons. The second-order valence-corrected chi connectivity index (χ2v) is 6.73. The molecule has 5 heteroatoms. The molecular formula is C21H26N4O. The van der Waals surface area contributed by atoms with E-state index in [1.54, 1.807) is 12.5 Å². The van der Waals surface area contributed by atoms with Crippen LogP contribution in [-0.2, 0) is 0 Å². The molecule has 2 N–H and O–H groups in total. The summed E-state index contributed by atoms with van der Waals surface area (Å²) in [5.41, 5.74) is 3.15. The number of carbonyl (C=O) groups is 1. The lowest BCUT2D eigenvalue weighted by atomic mass is 9.97. The maximum atomic E-state index is 11.4. The summed E-state index contributed by atoms with van der Waals surface area (Å²) in [5.74, 6) is 2.35. The van der Waals surface area contributed by atoms with E-state index in [2.05, 4.69) is 26.7 Å². The predicted molar refractivity (Wildman–Crippen MR) is 106 cm³/mol. The van der Waals surface area contributed by atoms with E-state index in [1.807, 2.05) is 37.3 Å². The van der Waals surface area contributed by atoms with E-state index in [4.69, 9.17) is 0 Å². The number of carbonyl (C=O) groups excluding carboxylic acids is 1. The molecule has 0 atom stereocenters. The molecule has 1 aromatic heterocycles. The van der Waals surface area contributed by atoms with Crippen molar-refractivity contribution in [3.8, 4) is 0 Å². The molecule has 5 nitrogen and oxygen atoms in total. The number of aromatic nitrogens is 2. The summed E-state index contributed by atoms with van der Waals surface area (Å²) in [7, 11) is 0. The Balaban J connectivity index is 1.61. The number of rotatable bonds is 7. The normalized spacial score (nSPS) is 13.8. The summed E-state index contributed by atoms with van der Waals surface area (Å²) >= 11 is 0. The lowest BCUT2D eigenvalue weighted by molar-refractivity contribution is 0.101. The van der Waals surface area contributed by atoms with Gasteiger partial charge in [-0.1, -0.05) is 11.6 Å². The first kappa shape index (κ1) is 18.1. The van der Waals surface area contributed by atoms with E-state index in [0.29, 0.717) is 5.56 Å². The number of benzene rings is 1. The van der Waals surface area contributed by atoms with Crippen LogP contribution in [0.25, 0.3) is 0 Å². The van der Waals surface area contributed by atoms with Gasteiger partial charge in [0.05, 0.1) is 0 Å². The van der Waals surface area contributed by atoms with Crippen LogP contribution >= 0.6 is 0 Å². The minimum Gasteiger partial charge on any atom is -0.370 e. The molecule has 0 unspecified atom stereocenters. The Kier molecular flexibility index (Phi) is 6.00. The van der Waals surface area contributed by atoms with Crippen LogP contribution in [0, 0.1) is 6.92 Å². The number of allylic oxidation sites excluding steroid dienone is 1. The average Bonchev–Trinajstić information content (AvgIpc) is 2.62. The van der Waals surface area contributed by atoms with E-state index >= 15 is 0 Å². The highest BCUT2D eigenvalue weighted by atomic mass is 16.1. The Morgan fingerprint density at radius 2 is 1.88 bits per heavy atom. The molecule has 0 saturated carbocycles. The molecule has 2 aromatic rings. The SMILES string of the molecule is CC(=O)c1ccc(Nc2cc(NCCC3=CCCCC3)nc(C)n2)cc1. The van der Waals surface area contributed by atoms with Gasteiger partial charge in [0, 0.05) is 23.9 Å². The van der Waals surface area contributed by atoms with Crippen LogP contribution in [0.1, 0.15) is 55.2 Å². The van der Waals surface area contributed by atoms with Crippen molar-refractivity contribution < 1.29 is 4.79 Å². The fraction of sp³-hybridized carbons (Fsp3) is 0.381. The summed E-state index contributed by atoms with van der Waals surface area (Å²) in [4.78, 5) is 20.3. The molecule has 1 aliphatic rings. The van der Waals surface area contributed by atoms with Gasteiger partial charge in [-0.2, -0.15) is 0 Å². The summed E-state index contributed by atoms with van der Waals surface area (Å²) in [6.45, 7) is 4.34. The molecule has 0 fully saturated rings. The summed E-state index contributed by atoms with van der Waals surface area (Å²) in [6, 6.07) is 9.32. The largest absolute Gasteiger partial charge is 0.370 e. The number of ketones is 1. The van der Waals surface area contributed by atoms with Gasteiger partial charge in [0.25, 0.3) is 0 Å². The van der Waals surface area contributed by atoms with E-state index in [1.165, 1.54) is 25.7 Å². The second kappa shape index (κ2) is 8.61.